The molecule has 0 radical (unpaired) electrons. The van der Waals surface area contributed by atoms with Gasteiger partial charge in [-0.3, -0.25) is 4.79 Å². The third-order valence-electron chi connectivity index (χ3n) is 3.23. The lowest BCUT2D eigenvalue weighted by Gasteiger charge is -2.09. The van der Waals surface area contributed by atoms with Gasteiger partial charge in [0.05, 0.1) is 0 Å². The molecule has 0 aromatic heterocycles. The van der Waals surface area contributed by atoms with Gasteiger partial charge < -0.3 is 15.4 Å². The third kappa shape index (κ3) is 5.71. The van der Waals surface area contributed by atoms with Gasteiger partial charge in [-0.05, 0) is 36.4 Å². The number of halogens is 1. The van der Waals surface area contributed by atoms with Gasteiger partial charge in [0.15, 0.2) is 0 Å². The second-order valence-electron chi connectivity index (χ2n) is 5.06. The van der Waals surface area contributed by atoms with Crippen molar-refractivity contribution >= 4 is 5.91 Å². The van der Waals surface area contributed by atoms with Crippen molar-refractivity contribution in [1.82, 2.24) is 10.6 Å². The molecular weight excluding hydrogens is 295 g/mol. The Hall–Kier alpha value is -2.40. The summed E-state index contributed by atoms with van der Waals surface area (Å²) >= 11 is 0. The number of hydrogen-bond acceptors (Lipinski definition) is 3. The summed E-state index contributed by atoms with van der Waals surface area (Å²) in [7, 11) is 0. The highest BCUT2D eigenvalue weighted by molar-refractivity contribution is 5.94. The van der Waals surface area contributed by atoms with Crippen LogP contribution in [0, 0.1) is 5.82 Å². The van der Waals surface area contributed by atoms with E-state index in [4.69, 9.17) is 4.74 Å². The van der Waals surface area contributed by atoms with E-state index in [1.54, 1.807) is 24.3 Å². The Kier molecular flexibility index (Phi) is 6.56. The zero-order valence-corrected chi connectivity index (χ0v) is 13.1. The Labute approximate surface area is 135 Å². The van der Waals surface area contributed by atoms with Gasteiger partial charge in [-0.25, -0.2) is 4.39 Å². The summed E-state index contributed by atoms with van der Waals surface area (Å²) in [5.41, 5.74) is 1.44. The van der Waals surface area contributed by atoms with Gasteiger partial charge in [0, 0.05) is 24.7 Å². The van der Waals surface area contributed by atoms with E-state index in [1.165, 1.54) is 12.1 Å². The maximum absolute atomic E-state index is 13.1. The molecule has 2 aromatic rings. The average Bonchev–Trinajstić information content (AvgIpc) is 2.57. The van der Waals surface area contributed by atoms with Crippen molar-refractivity contribution in [1.29, 1.82) is 0 Å². The topological polar surface area (TPSA) is 50.4 Å². The first-order valence-corrected chi connectivity index (χ1v) is 7.65. The molecule has 0 fully saturated rings. The predicted molar refractivity (Wildman–Crippen MR) is 88.1 cm³/mol. The summed E-state index contributed by atoms with van der Waals surface area (Å²) in [5, 5.41) is 5.99. The fourth-order valence-electron chi connectivity index (χ4n) is 2.07. The first-order valence-electron chi connectivity index (χ1n) is 7.65. The number of amides is 1. The molecular formula is C18H21FN2O2. The maximum Gasteiger partial charge on any atom is 0.251 e. The van der Waals surface area contributed by atoms with Crippen molar-refractivity contribution in [3.63, 3.8) is 0 Å². The first kappa shape index (κ1) is 17.0. The zero-order valence-electron chi connectivity index (χ0n) is 13.1. The summed E-state index contributed by atoms with van der Waals surface area (Å²) in [6.07, 6.45) is 0. The van der Waals surface area contributed by atoms with Crippen molar-refractivity contribution < 1.29 is 13.9 Å². The molecule has 23 heavy (non-hydrogen) atoms. The molecule has 0 spiro atoms. The Bertz CT molecular complexity index is 646. The second kappa shape index (κ2) is 8.90. The summed E-state index contributed by atoms with van der Waals surface area (Å²) in [6, 6.07) is 13.2. The van der Waals surface area contributed by atoms with Gasteiger partial charge in [-0.2, -0.15) is 0 Å². The minimum atomic E-state index is -0.337. The molecule has 4 nitrogen and oxygen atoms in total. The lowest BCUT2D eigenvalue weighted by atomic mass is 10.1. The molecule has 0 saturated carbocycles. The quantitative estimate of drug-likeness (QED) is 0.736. The molecule has 2 N–H and O–H groups in total. The Morgan fingerprint density at radius 2 is 1.96 bits per heavy atom. The average molecular weight is 316 g/mol. The largest absolute Gasteiger partial charge is 0.489 e. The molecule has 0 aliphatic heterocycles. The van der Waals surface area contributed by atoms with Crippen LogP contribution < -0.4 is 15.4 Å². The molecule has 122 valence electrons. The fraction of sp³-hybridized carbons (Fsp3) is 0.278. The minimum absolute atomic E-state index is 0.115. The molecule has 5 heteroatoms. The fourth-order valence-corrected chi connectivity index (χ4v) is 2.07. The van der Waals surface area contributed by atoms with Crippen LogP contribution in [0.25, 0.3) is 0 Å². The summed E-state index contributed by atoms with van der Waals surface area (Å²) in [5.74, 6) is 0.0114. The Balaban J connectivity index is 1.90. The number of carbonyl (C=O) groups is 1. The van der Waals surface area contributed by atoms with Gasteiger partial charge in [-0.1, -0.05) is 25.1 Å². The molecule has 1 amide bonds. The van der Waals surface area contributed by atoms with E-state index in [9.17, 15) is 9.18 Å². The van der Waals surface area contributed by atoms with Gasteiger partial charge in [0.25, 0.3) is 5.91 Å². The highest BCUT2D eigenvalue weighted by Gasteiger charge is 2.06. The molecule has 0 bridgehead atoms. The molecule has 0 unspecified atom stereocenters. The lowest BCUT2D eigenvalue weighted by molar-refractivity contribution is 0.0954. The number of nitrogens with one attached hydrogen (secondary N) is 2. The monoisotopic (exact) mass is 316 g/mol. The number of carbonyl (C=O) groups excluding carboxylic acids is 1. The predicted octanol–water partition coefficient (Wildman–Crippen LogP) is 2.74. The molecule has 0 heterocycles. The Morgan fingerprint density at radius 3 is 2.74 bits per heavy atom. The normalized spacial score (nSPS) is 10.3. The van der Waals surface area contributed by atoms with Crippen LogP contribution in [0.5, 0.6) is 5.75 Å². The highest BCUT2D eigenvalue weighted by Crippen LogP contribution is 2.14. The maximum atomic E-state index is 13.1. The van der Waals surface area contributed by atoms with Gasteiger partial charge in [0.1, 0.15) is 18.2 Å². The van der Waals surface area contributed by atoms with E-state index in [0.29, 0.717) is 17.9 Å². The highest BCUT2D eigenvalue weighted by atomic mass is 19.1. The molecule has 0 aliphatic rings. The van der Waals surface area contributed by atoms with E-state index in [0.717, 1.165) is 18.7 Å². The smallest absolute Gasteiger partial charge is 0.251 e. The van der Waals surface area contributed by atoms with Crippen molar-refractivity contribution in [3.05, 3.63) is 65.5 Å². The minimum Gasteiger partial charge on any atom is -0.489 e. The zero-order chi connectivity index (χ0) is 16.5. The van der Waals surface area contributed by atoms with Crippen LogP contribution in [-0.4, -0.2) is 25.5 Å². The lowest BCUT2D eigenvalue weighted by Crippen LogP contribution is -2.31. The van der Waals surface area contributed by atoms with Crippen molar-refractivity contribution in [2.24, 2.45) is 0 Å². The number of rotatable bonds is 8. The number of likely N-dealkylation sites (N-methyl/N-ethyl adjacent to an activating group) is 1. The van der Waals surface area contributed by atoms with Crippen LogP contribution in [0.3, 0.4) is 0 Å². The SMILES string of the molecule is CCNCCNC(=O)c1cccc(COc2cccc(F)c2)c1. The van der Waals surface area contributed by atoms with Crippen LogP contribution in [0.1, 0.15) is 22.8 Å². The van der Waals surface area contributed by atoms with Crippen LogP contribution in [-0.2, 0) is 6.61 Å². The van der Waals surface area contributed by atoms with E-state index in [-0.39, 0.29) is 18.3 Å². The van der Waals surface area contributed by atoms with E-state index in [2.05, 4.69) is 10.6 Å². The van der Waals surface area contributed by atoms with Crippen LogP contribution in [0.15, 0.2) is 48.5 Å². The van der Waals surface area contributed by atoms with E-state index < -0.39 is 0 Å². The van der Waals surface area contributed by atoms with Gasteiger partial charge in [-0.15, -0.1) is 0 Å². The first-order chi connectivity index (χ1) is 11.2. The molecule has 0 atom stereocenters. The molecule has 2 aromatic carbocycles. The van der Waals surface area contributed by atoms with Crippen molar-refractivity contribution in [3.8, 4) is 5.75 Å². The molecule has 0 aliphatic carbocycles. The van der Waals surface area contributed by atoms with Crippen molar-refractivity contribution in [2.75, 3.05) is 19.6 Å². The van der Waals surface area contributed by atoms with Crippen LogP contribution >= 0.6 is 0 Å². The van der Waals surface area contributed by atoms with Crippen molar-refractivity contribution in [2.45, 2.75) is 13.5 Å². The third-order valence-corrected chi connectivity index (χ3v) is 3.23. The Morgan fingerprint density at radius 1 is 1.13 bits per heavy atom. The van der Waals surface area contributed by atoms with Gasteiger partial charge in [0.2, 0.25) is 0 Å². The standard InChI is InChI=1S/C18H21FN2O2/c1-2-20-9-10-21-18(22)15-6-3-5-14(11-15)13-23-17-8-4-7-16(19)12-17/h3-8,11-12,20H,2,9-10,13H2,1H3,(H,21,22). The molecule has 2 rings (SSSR count). The van der Waals surface area contributed by atoms with Gasteiger partial charge >= 0.3 is 0 Å². The summed E-state index contributed by atoms with van der Waals surface area (Å²) in [4.78, 5) is 12.0. The number of ether oxygens (including phenoxy) is 1. The van der Waals surface area contributed by atoms with Crippen LogP contribution in [0.4, 0.5) is 4.39 Å². The number of hydrogen-bond donors (Lipinski definition) is 2. The van der Waals surface area contributed by atoms with E-state index in [1.807, 2.05) is 19.1 Å². The second-order valence-corrected chi connectivity index (χ2v) is 5.06. The number of benzene rings is 2. The summed E-state index contributed by atoms with van der Waals surface area (Å²) < 4.78 is 18.6. The van der Waals surface area contributed by atoms with Crippen LogP contribution in [0.2, 0.25) is 0 Å². The summed E-state index contributed by atoms with van der Waals surface area (Å²) in [6.45, 7) is 4.50. The van der Waals surface area contributed by atoms with E-state index >= 15 is 0 Å². The molecule has 0 saturated heterocycles.